The molecule has 4 nitrogen and oxygen atoms in total. The average Bonchev–Trinajstić information content (AvgIpc) is 2.64. The van der Waals surface area contributed by atoms with Crippen molar-refractivity contribution in [1.82, 2.24) is 5.32 Å². The zero-order valence-corrected chi connectivity index (χ0v) is 9.41. The summed E-state index contributed by atoms with van der Waals surface area (Å²) in [4.78, 5) is 11.6. The first-order chi connectivity index (χ1) is 7.13. The SMILES string of the molecule is CCC(O)CCNC(=O)C1CCC(N)C1. The van der Waals surface area contributed by atoms with Gasteiger partial charge < -0.3 is 16.2 Å². The van der Waals surface area contributed by atoms with E-state index >= 15 is 0 Å². The lowest BCUT2D eigenvalue weighted by Gasteiger charge is -2.12. The molecule has 88 valence electrons. The molecule has 0 aliphatic heterocycles. The maximum Gasteiger partial charge on any atom is 0.223 e. The van der Waals surface area contributed by atoms with Gasteiger partial charge in [0.1, 0.15) is 0 Å². The topological polar surface area (TPSA) is 75.3 Å². The Kier molecular flexibility index (Phi) is 5.05. The van der Waals surface area contributed by atoms with E-state index in [1.807, 2.05) is 6.92 Å². The number of aliphatic hydroxyl groups is 1. The van der Waals surface area contributed by atoms with Gasteiger partial charge in [0.05, 0.1) is 6.10 Å². The fraction of sp³-hybridized carbons (Fsp3) is 0.909. The second-order valence-corrected chi connectivity index (χ2v) is 4.41. The standard InChI is InChI=1S/C11H22N2O2/c1-2-10(14)5-6-13-11(15)8-3-4-9(12)7-8/h8-10,14H,2-7,12H2,1H3,(H,13,15). The molecule has 0 heterocycles. The summed E-state index contributed by atoms with van der Waals surface area (Å²) < 4.78 is 0. The summed E-state index contributed by atoms with van der Waals surface area (Å²) in [7, 11) is 0. The predicted molar refractivity (Wildman–Crippen MR) is 59.2 cm³/mol. The van der Waals surface area contributed by atoms with E-state index in [1.54, 1.807) is 0 Å². The van der Waals surface area contributed by atoms with Crippen LogP contribution in [0.1, 0.15) is 39.0 Å². The summed E-state index contributed by atoms with van der Waals surface area (Å²) in [6, 6.07) is 0.196. The molecule has 0 spiro atoms. The van der Waals surface area contributed by atoms with Crippen LogP contribution in [-0.4, -0.2) is 29.7 Å². The first-order valence-electron chi connectivity index (χ1n) is 5.84. The van der Waals surface area contributed by atoms with E-state index in [0.29, 0.717) is 13.0 Å². The zero-order chi connectivity index (χ0) is 11.3. The Morgan fingerprint density at radius 3 is 2.87 bits per heavy atom. The molecule has 0 saturated heterocycles. The van der Waals surface area contributed by atoms with Crippen molar-refractivity contribution in [2.75, 3.05) is 6.54 Å². The van der Waals surface area contributed by atoms with Crippen molar-refractivity contribution in [3.8, 4) is 0 Å². The predicted octanol–water partition coefficient (Wildman–Crippen LogP) is 0.391. The first-order valence-corrected chi connectivity index (χ1v) is 5.84. The molecule has 1 aliphatic carbocycles. The third-order valence-corrected chi connectivity index (χ3v) is 3.09. The molecule has 0 aromatic rings. The van der Waals surface area contributed by atoms with Gasteiger partial charge in [0.2, 0.25) is 5.91 Å². The molecule has 0 aromatic carbocycles. The molecule has 0 aromatic heterocycles. The summed E-state index contributed by atoms with van der Waals surface area (Å²) in [5.41, 5.74) is 5.74. The second kappa shape index (κ2) is 6.08. The van der Waals surface area contributed by atoms with Crippen LogP contribution in [-0.2, 0) is 4.79 Å². The molecule has 1 amide bonds. The van der Waals surface area contributed by atoms with Crippen LogP contribution in [0, 0.1) is 5.92 Å². The normalized spacial score (nSPS) is 27.7. The van der Waals surface area contributed by atoms with Gasteiger partial charge in [-0.2, -0.15) is 0 Å². The molecule has 3 atom stereocenters. The number of hydrogen-bond donors (Lipinski definition) is 3. The number of rotatable bonds is 5. The third-order valence-electron chi connectivity index (χ3n) is 3.09. The molecule has 1 rings (SSSR count). The molecule has 1 aliphatic rings. The lowest BCUT2D eigenvalue weighted by Crippen LogP contribution is -2.32. The average molecular weight is 214 g/mol. The first kappa shape index (κ1) is 12.5. The number of amides is 1. The second-order valence-electron chi connectivity index (χ2n) is 4.41. The molecular formula is C11H22N2O2. The van der Waals surface area contributed by atoms with Gasteiger partial charge in [-0.15, -0.1) is 0 Å². The van der Waals surface area contributed by atoms with E-state index in [0.717, 1.165) is 25.7 Å². The minimum Gasteiger partial charge on any atom is -0.393 e. The molecule has 1 fully saturated rings. The van der Waals surface area contributed by atoms with Crippen LogP contribution in [0.15, 0.2) is 0 Å². The number of carbonyl (C=O) groups excluding carboxylic acids is 1. The highest BCUT2D eigenvalue weighted by Gasteiger charge is 2.27. The Morgan fingerprint density at radius 1 is 1.60 bits per heavy atom. The molecule has 0 bridgehead atoms. The van der Waals surface area contributed by atoms with E-state index in [-0.39, 0.29) is 24.0 Å². The van der Waals surface area contributed by atoms with E-state index in [1.165, 1.54) is 0 Å². The maximum atomic E-state index is 11.6. The van der Waals surface area contributed by atoms with Gasteiger partial charge in [0.15, 0.2) is 0 Å². The molecule has 15 heavy (non-hydrogen) atoms. The van der Waals surface area contributed by atoms with Gasteiger partial charge in [-0.3, -0.25) is 4.79 Å². The van der Waals surface area contributed by atoms with Crippen LogP contribution >= 0.6 is 0 Å². The van der Waals surface area contributed by atoms with Crippen molar-refractivity contribution in [1.29, 1.82) is 0 Å². The molecule has 0 radical (unpaired) electrons. The highest BCUT2D eigenvalue weighted by atomic mass is 16.3. The molecule has 3 unspecified atom stereocenters. The van der Waals surface area contributed by atoms with Crippen molar-refractivity contribution in [2.45, 2.75) is 51.2 Å². The zero-order valence-electron chi connectivity index (χ0n) is 9.41. The van der Waals surface area contributed by atoms with E-state index in [4.69, 9.17) is 5.73 Å². The fourth-order valence-corrected chi connectivity index (χ4v) is 1.96. The fourth-order valence-electron chi connectivity index (χ4n) is 1.96. The van der Waals surface area contributed by atoms with Gasteiger partial charge in [-0.1, -0.05) is 6.92 Å². The van der Waals surface area contributed by atoms with Crippen molar-refractivity contribution in [2.24, 2.45) is 11.7 Å². The van der Waals surface area contributed by atoms with Gasteiger partial charge in [-0.25, -0.2) is 0 Å². The van der Waals surface area contributed by atoms with Crippen LogP contribution in [0.5, 0.6) is 0 Å². The van der Waals surface area contributed by atoms with Gasteiger partial charge >= 0.3 is 0 Å². The summed E-state index contributed by atoms with van der Waals surface area (Å²) in [6.07, 6.45) is 3.75. The number of carbonyl (C=O) groups is 1. The van der Waals surface area contributed by atoms with Gasteiger partial charge in [0, 0.05) is 18.5 Å². The third kappa shape index (κ3) is 4.18. The number of nitrogens with two attached hydrogens (primary N) is 1. The lowest BCUT2D eigenvalue weighted by atomic mass is 10.1. The van der Waals surface area contributed by atoms with Crippen molar-refractivity contribution in [3.63, 3.8) is 0 Å². The van der Waals surface area contributed by atoms with E-state index in [9.17, 15) is 9.90 Å². The maximum absolute atomic E-state index is 11.6. The van der Waals surface area contributed by atoms with Crippen molar-refractivity contribution < 1.29 is 9.90 Å². The van der Waals surface area contributed by atoms with E-state index < -0.39 is 0 Å². The summed E-state index contributed by atoms with van der Waals surface area (Å²) in [5.74, 6) is 0.199. The quantitative estimate of drug-likeness (QED) is 0.619. The smallest absolute Gasteiger partial charge is 0.223 e. The Bertz CT molecular complexity index is 209. The molecule has 4 N–H and O–H groups in total. The lowest BCUT2D eigenvalue weighted by molar-refractivity contribution is -0.124. The minimum atomic E-state index is -0.295. The van der Waals surface area contributed by atoms with Crippen LogP contribution in [0.25, 0.3) is 0 Å². The van der Waals surface area contributed by atoms with Crippen LogP contribution in [0.2, 0.25) is 0 Å². The number of hydrogen-bond acceptors (Lipinski definition) is 3. The monoisotopic (exact) mass is 214 g/mol. The summed E-state index contributed by atoms with van der Waals surface area (Å²) in [5, 5.41) is 12.2. The number of nitrogens with one attached hydrogen (secondary N) is 1. The molecular weight excluding hydrogens is 192 g/mol. The largest absolute Gasteiger partial charge is 0.393 e. The highest BCUT2D eigenvalue weighted by Crippen LogP contribution is 2.23. The van der Waals surface area contributed by atoms with Crippen molar-refractivity contribution >= 4 is 5.91 Å². The minimum absolute atomic E-state index is 0.0961. The van der Waals surface area contributed by atoms with Gasteiger partial charge in [0.25, 0.3) is 0 Å². The van der Waals surface area contributed by atoms with Gasteiger partial charge in [-0.05, 0) is 32.1 Å². The Hall–Kier alpha value is -0.610. The Labute approximate surface area is 91.2 Å². The van der Waals surface area contributed by atoms with Crippen LogP contribution in [0.3, 0.4) is 0 Å². The Balaban J connectivity index is 2.13. The van der Waals surface area contributed by atoms with E-state index in [2.05, 4.69) is 5.32 Å². The molecule has 4 heteroatoms. The summed E-state index contributed by atoms with van der Waals surface area (Å²) in [6.45, 7) is 2.50. The molecule has 1 saturated carbocycles. The summed E-state index contributed by atoms with van der Waals surface area (Å²) >= 11 is 0. The Morgan fingerprint density at radius 2 is 2.33 bits per heavy atom. The highest BCUT2D eigenvalue weighted by molar-refractivity contribution is 5.78. The van der Waals surface area contributed by atoms with Crippen molar-refractivity contribution in [3.05, 3.63) is 0 Å². The van der Waals surface area contributed by atoms with Crippen LogP contribution in [0.4, 0.5) is 0 Å². The number of aliphatic hydroxyl groups excluding tert-OH is 1. The van der Waals surface area contributed by atoms with Crippen LogP contribution < -0.4 is 11.1 Å².